The Morgan fingerprint density at radius 3 is 2.79 bits per heavy atom. The van der Waals surface area contributed by atoms with E-state index in [0.29, 0.717) is 5.92 Å². The molecule has 1 fully saturated rings. The maximum atomic E-state index is 12.8. The van der Waals surface area contributed by atoms with Gasteiger partial charge in [0, 0.05) is 0 Å². The van der Waals surface area contributed by atoms with E-state index in [0.717, 1.165) is 32.1 Å². The van der Waals surface area contributed by atoms with E-state index in [2.05, 4.69) is 0 Å². The lowest BCUT2D eigenvalue weighted by Gasteiger charge is -2.30. The summed E-state index contributed by atoms with van der Waals surface area (Å²) in [5.74, 6) is -1.20. The van der Waals surface area contributed by atoms with Crippen LogP contribution in [-0.2, 0) is 9.53 Å². The first kappa shape index (κ1) is 11.4. The monoisotopic (exact) mass is 204 g/mol. The third-order valence-electron chi connectivity index (χ3n) is 2.85. The number of carboxylic acid groups (broad SMARTS) is 1. The summed E-state index contributed by atoms with van der Waals surface area (Å²) in [6.45, 7) is 2.03. The number of rotatable bonds is 4. The van der Waals surface area contributed by atoms with Crippen LogP contribution in [0.4, 0.5) is 4.39 Å². The van der Waals surface area contributed by atoms with Crippen molar-refractivity contribution >= 4 is 5.97 Å². The van der Waals surface area contributed by atoms with Gasteiger partial charge in [-0.3, -0.25) is 0 Å². The number of hydrogen-bond donors (Lipinski definition) is 1. The predicted molar refractivity (Wildman–Crippen MR) is 49.7 cm³/mol. The van der Waals surface area contributed by atoms with Crippen LogP contribution in [0.2, 0.25) is 0 Å². The van der Waals surface area contributed by atoms with Gasteiger partial charge in [0.1, 0.15) is 0 Å². The Kier molecular flexibility index (Phi) is 4.32. The highest BCUT2D eigenvalue weighted by atomic mass is 19.1. The van der Waals surface area contributed by atoms with Crippen LogP contribution in [0.3, 0.4) is 0 Å². The number of alkyl halides is 1. The van der Waals surface area contributed by atoms with Crippen LogP contribution in [0.25, 0.3) is 0 Å². The third kappa shape index (κ3) is 2.94. The fourth-order valence-corrected chi connectivity index (χ4v) is 2.03. The molecule has 0 aromatic rings. The maximum absolute atomic E-state index is 12.8. The molecule has 0 aromatic heterocycles. The number of halogens is 1. The molecular formula is C10H17FO3. The Morgan fingerprint density at radius 2 is 2.21 bits per heavy atom. The van der Waals surface area contributed by atoms with Crippen molar-refractivity contribution < 1.29 is 19.0 Å². The van der Waals surface area contributed by atoms with Gasteiger partial charge in [-0.25, -0.2) is 9.18 Å². The van der Waals surface area contributed by atoms with Crippen molar-refractivity contribution in [2.24, 2.45) is 5.92 Å². The molecule has 0 spiro atoms. The summed E-state index contributed by atoms with van der Waals surface area (Å²) in [5, 5.41) is 8.37. The normalized spacial score (nSPS) is 29.9. The third-order valence-corrected chi connectivity index (χ3v) is 2.85. The second-order valence-corrected chi connectivity index (χ2v) is 3.78. The molecule has 1 rings (SSSR count). The molecule has 0 bridgehead atoms. The fourth-order valence-electron chi connectivity index (χ4n) is 2.03. The van der Waals surface area contributed by atoms with Crippen LogP contribution in [0.1, 0.15) is 39.0 Å². The fraction of sp³-hybridized carbons (Fsp3) is 0.900. The van der Waals surface area contributed by atoms with E-state index in [4.69, 9.17) is 9.84 Å². The van der Waals surface area contributed by atoms with E-state index in [9.17, 15) is 9.18 Å². The van der Waals surface area contributed by atoms with E-state index in [-0.39, 0.29) is 6.10 Å². The Labute approximate surface area is 83.3 Å². The molecule has 1 N–H and O–H groups in total. The zero-order valence-corrected chi connectivity index (χ0v) is 8.41. The Balaban J connectivity index is 2.44. The van der Waals surface area contributed by atoms with Gasteiger partial charge < -0.3 is 9.84 Å². The molecule has 3 unspecified atom stereocenters. The first-order valence-electron chi connectivity index (χ1n) is 5.17. The minimum Gasteiger partial charge on any atom is -0.477 e. The molecule has 1 aliphatic rings. The molecule has 0 amide bonds. The van der Waals surface area contributed by atoms with Gasteiger partial charge in [-0.15, -0.1) is 0 Å². The van der Waals surface area contributed by atoms with Crippen LogP contribution in [-0.4, -0.2) is 23.5 Å². The van der Waals surface area contributed by atoms with Crippen molar-refractivity contribution in [1.82, 2.24) is 0 Å². The summed E-state index contributed by atoms with van der Waals surface area (Å²) in [5.41, 5.74) is 0. The topological polar surface area (TPSA) is 46.5 Å². The highest BCUT2D eigenvalue weighted by Gasteiger charge is 2.29. The molecule has 3 nitrogen and oxygen atoms in total. The quantitative estimate of drug-likeness (QED) is 0.764. The summed E-state index contributed by atoms with van der Waals surface area (Å²) in [6, 6.07) is 0. The van der Waals surface area contributed by atoms with Crippen molar-refractivity contribution in [2.45, 2.75) is 51.5 Å². The molecule has 1 aliphatic carbocycles. The van der Waals surface area contributed by atoms with E-state index >= 15 is 0 Å². The first-order valence-corrected chi connectivity index (χ1v) is 5.17. The number of carbonyl (C=O) groups is 1. The SMILES string of the molecule is CCC1CCCCC1OC(F)C(=O)O. The Morgan fingerprint density at radius 1 is 1.57 bits per heavy atom. The van der Waals surface area contributed by atoms with Crippen LogP contribution < -0.4 is 0 Å². The zero-order valence-electron chi connectivity index (χ0n) is 8.41. The molecule has 0 heterocycles. The number of aliphatic carboxylic acids is 1. The van der Waals surface area contributed by atoms with Crippen LogP contribution in [0.15, 0.2) is 0 Å². The summed E-state index contributed by atoms with van der Waals surface area (Å²) in [4.78, 5) is 10.3. The van der Waals surface area contributed by atoms with Crippen LogP contribution in [0.5, 0.6) is 0 Å². The summed E-state index contributed by atoms with van der Waals surface area (Å²) >= 11 is 0. The summed E-state index contributed by atoms with van der Waals surface area (Å²) in [6.07, 6.45) is 2.51. The molecule has 1 saturated carbocycles. The van der Waals surface area contributed by atoms with E-state index in [1.807, 2.05) is 6.92 Å². The molecule has 0 saturated heterocycles. The van der Waals surface area contributed by atoms with Gasteiger partial charge in [-0.05, 0) is 18.8 Å². The molecule has 0 radical (unpaired) electrons. The molecule has 14 heavy (non-hydrogen) atoms. The zero-order chi connectivity index (χ0) is 10.6. The van der Waals surface area contributed by atoms with Gasteiger partial charge in [0.2, 0.25) is 0 Å². The van der Waals surface area contributed by atoms with Gasteiger partial charge in [0.15, 0.2) is 0 Å². The van der Waals surface area contributed by atoms with Crippen LogP contribution in [0, 0.1) is 5.92 Å². The van der Waals surface area contributed by atoms with Gasteiger partial charge in [-0.1, -0.05) is 26.2 Å². The van der Waals surface area contributed by atoms with Crippen LogP contribution >= 0.6 is 0 Å². The van der Waals surface area contributed by atoms with Gasteiger partial charge in [0.05, 0.1) is 6.10 Å². The maximum Gasteiger partial charge on any atom is 0.366 e. The molecule has 4 heteroatoms. The predicted octanol–water partition coefficient (Wildman–Crippen LogP) is 2.35. The molecular weight excluding hydrogens is 187 g/mol. The summed E-state index contributed by atoms with van der Waals surface area (Å²) < 4.78 is 17.7. The van der Waals surface area contributed by atoms with Gasteiger partial charge >= 0.3 is 5.97 Å². The highest BCUT2D eigenvalue weighted by molar-refractivity contribution is 5.70. The largest absolute Gasteiger partial charge is 0.477 e. The van der Waals surface area contributed by atoms with Crippen molar-refractivity contribution in [3.63, 3.8) is 0 Å². The number of ether oxygens (including phenoxy) is 1. The number of carboxylic acids is 1. The second kappa shape index (κ2) is 5.29. The van der Waals surface area contributed by atoms with Gasteiger partial charge in [0.25, 0.3) is 6.36 Å². The molecule has 3 atom stereocenters. The molecule has 0 aliphatic heterocycles. The number of hydrogen-bond acceptors (Lipinski definition) is 2. The summed E-state index contributed by atoms with van der Waals surface area (Å²) in [7, 11) is 0. The average Bonchev–Trinajstić information content (AvgIpc) is 2.18. The minimum atomic E-state index is -2.16. The Bertz CT molecular complexity index is 196. The molecule has 0 aromatic carbocycles. The molecule has 82 valence electrons. The lowest BCUT2D eigenvalue weighted by molar-refractivity contribution is -0.176. The smallest absolute Gasteiger partial charge is 0.366 e. The standard InChI is InChI=1S/C10H17FO3/c1-2-7-5-3-4-6-8(7)14-9(11)10(12)13/h7-9H,2-6H2,1H3,(H,12,13). The first-order chi connectivity index (χ1) is 6.65. The lowest BCUT2D eigenvalue weighted by atomic mass is 9.85. The van der Waals surface area contributed by atoms with Crippen molar-refractivity contribution in [2.75, 3.05) is 0 Å². The highest BCUT2D eigenvalue weighted by Crippen LogP contribution is 2.29. The second-order valence-electron chi connectivity index (χ2n) is 3.78. The average molecular weight is 204 g/mol. The lowest BCUT2D eigenvalue weighted by Crippen LogP contribution is -2.33. The van der Waals surface area contributed by atoms with E-state index in [1.54, 1.807) is 0 Å². The van der Waals surface area contributed by atoms with Crippen molar-refractivity contribution in [3.05, 3.63) is 0 Å². The van der Waals surface area contributed by atoms with Gasteiger partial charge in [-0.2, -0.15) is 0 Å². The van der Waals surface area contributed by atoms with Crippen molar-refractivity contribution in [1.29, 1.82) is 0 Å². The minimum absolute atomic E-state index is 0.208. The van der Waals surface area contributed by atoms with E-state index < -0.39 is 12.3 Å². The van der Waals surface area contributed by atoms with Crippen molar-refractivity contribution in [3.8, 4) is 0 Å². The van der Waals surface area contributed by atoms with E-state index in [1.165, 1.54) is 0 Å². The Hall–Kier alpha value is -0.640.